The van der Waals surface area contributed by atoms with Crippen molar-refractivity contribution in [2.24, 2.45) is 0 Å². The van der Waals surface area contributed by atoms with Gasteiger partial charge >= 0.3 is 0 Å². The maximum absolute atomic E-state index is 5.42. The van der Waals surface area contributed by atoms with Gasteiger partial charge in [-0.05, 0) is 57.5 Å². The summed E-state index contributed by atoms with van der Waals surface area (Å²) in [4.78, 5) is 10.1. The molecule has 0 amide bonds. The van der Waals surface area contributed by atoms with E-state index in [0.29, 0.717) is 5.82 Å². The topological polar surface area (TPSA) is 43.1 Å². The molecule has 0 atom stereocenters. The van der Waals surface area contributed by atoms with E-state index in [1.807, 2.05) is 36.4 Å². The van der Waals surface area contributed by atoms with Gasteiger partial charge in [-0.25, -0.2) is 14.5 Å². The van der Waals surface area contributed by atoms with Crippen LogP contribution in [0.4, 0.5) is 0 Å². The van der Waals surface area contributed by atoms with E-state index in [-0.39, 0.29) is 0 Å². The Balaban J connectivity index is 1.02. The van der Waals surface area contributed by atoms with Crippen LogP contribution in [0.15, 0.2) is 231 Å². The van der Waals surface area contributed by atoms with Crippen molar-refractivity contribution >= 4 is 16.3 Å². The van der Waals surface area contributed by atoms with Crippen molar-refractivity contribution in [3.8, 4) is 89.8 Å². The van der Waals surface area contributed by atoms with Crippen molar-refractivity contribution in [2.75, 3.05) is 0 Å². The molecule has 3 aromatic heterocycles. The van der Waals surface area contributed by atoms with Crippen LogP contribution in [0.25, 0.3) is 106 Å². The molecule has 0 aliphatic rings. The summed E-state index contributed by atoms with van der Waals surface area (Å²) in [6.07, 6.45) is 0. The van der Waals surface area contributed by atoms with Gasteiger partial charge in [0.15, 0.2) is 5.82 Å². The zero-order valence-electron chi connectivity index (χ0n) is 33.2. The van der Waals surface area contributed by atoms with E-state index < -0.39 is 0 Å². The van der Waals surface area contributed by atoms with Crippen LogP contribution in [0.3, 0.4) is 0 Å². The second-order valence-corrected chi connectivity index (χ2v) is 15.3. The number of aromatic nitrogens is 4. The molecule has 0 bridgehead atoms. The Morgan fingerprint density at radius 2 is 0.770 bits per heavy atom. The number of nitrogens with zero attached hydrogens (tertiary/aromatic N) is 4. The van der Waals surface area contributed by atoms with Gasteiger partial charge in [-0.3, -0.25) is 0 Å². The van der Waals surface area contributed by atoms with Gasteiger partial charge in [0, 0.05) is 38.8 Å². The van der Waals surface area contributed by atoms with Crippen molar-refractivity contribution in [3.63, 3.8) is 0 Å². The van der Waals surface area contributed by atoms with E-state index in [9.17, 15) is 0 Å². The van der Waals surface area contributed by atoms with Gasteiger partial charge in [0.2, 0.25) is 0 Å². The molecule has 0 aliphatic carbocycles. The van der Waals surface area contributed by atoms with Crippen LogP contribution in [0.1, 0.15) is 0 Å². The predicted octanol–water partition coefficient (Wildman–Crippen LogP) is 14.6. The minimum absolute atomic E-state index is 0.698. The Hall–Kier alpha value is -8.21. The van der Waals surface area contributed by atoms with Crippen LogP contribution in [-0.2, 0) is 0 Å². The number of rotatable bonds is 8. The molecule has 4 nitrogen and oxygen atoms in total. The number of hydrogen-bond donors (Lipinski definition) is 0. The van der Waals surface area contributed by atoms with Crippen LogP contribution in [0.5, 0.6) is 0 Å². The summed E-state index contributed by atoms with van der Waals surface area (Å²) in [5.41, 5.74) is 17.0. The highest BCUT2D eigenvalue weighted by Gasteiger charge is 2.22. The Morgan fingerprint density at radius 1 is 0.311 bits per heavy atom. The maximum atomic E-state index is 5.42. The number of fused-ring (bicyclic) bond motifs is 3. The normalized spacial score (nSPS) is 11.3. The first kappa shape index (κ1) is 35.9. The zero-order chi connectivity index (χ0) is 40.5. The fourth-order valence-corrected chi connectivity index (χ4v) is 8.39. The van der Waals surface area contributed by atoms with Crippen LogP contribution in [-0.4, -0.2) is 19.6 Å². The Labute approximate surface area is 354 Å². The molecule has 0 saturated carbocycles. The smallest absolute Gasteiger partial charge is 0.160 e. The van der Waals surface area contributed by atoms with Crippen molar-refractivity contribution in [1.82, 2.24) is 19.6 Å². The summed E-state index contributed by atoms with van der Waals surface area (Å²) in [5.74, 6) is 0.698. The molecule has 286 valence electrons. The van der Waals surface area contributed by atoms with Crippen molar-refractivity contribution in [1.29, 1.82) is 0 Å². The summed E-state index contributed by atoms with van der Waals surface area (Å²) in [7, 11) is 0. The van der Waals surface area contributed by atoms with Crippen molar-refractivity contribution in [2.45, 2.75) is 0 Å². The fourth-order valence-electron chi connectivity index (χ4n) is 8.39. The average Bonchev–Trinajstić information content (AvgIpc) is 3.76. The highest BCUT2D eigenvalue weighted by molar-refractivity contribution is 6.09. The minimum atomic E-state index is 0.698. The van der Waals surface area contributed by atoms with Crippen molar-refractivity contribution in [3.05, 3.63) is 231 Å². The predicted molar refractivity (Wildman–Crippen MR) is 252 cm³/mol. The van der Waals surface area contributed by atoms with Gasteiger partial charge in [-0.1, -0.05) is 206 Å². The van der Waals surface area contributed by atoms with E-state index in [4.69, 9.17) is 15.1 Å². The first-order valence-corrected chi connectivity index (χ1v) is 20.6. The molecule has 0 spiro atoms. The highest BCUT2D eigenvalue weighted by atomic mass is 15.2. The third-order valence-electron chi connectivity index (χ3n) is 11.4. The Bertz CT molecular complexity index is 3250. The third-order valence-corrected chi connectivity index (χ3v) is 11.4. The molecule has 3 heterocycles. The molecule has 11 aromatic rings. The molecule has 61 heavy (non-hydrogen) atoms. The zero-order valence-corrected chi connectivity index (χ0v) is 33.2. The maximum Gasteiger partial charge on any atom is 0.160 e. The van der Waals surface area contributed by atoms with E-state index in [1.165, 1.54) is 0 Å². The van der Waals surface area contributed by atoms with Gasteiger partial charge in [-0.2, -0.15) is 5.10 Å². The molecule has 0 fully saturated rings. The highest BCUT2D eigenvalue weighted by Crippen LogP contribution is 2.42. The van der Waals surface area contributed by atoms with Gasteiger partial charge in [0.05, 0.1) is 22.6 Å². The average molecular weight is 779 g/mol. The lowest BCUT2D eigenvalue weighted by atomic mass is 9.94. The van der Waals surface area contributed by atoms with E-state index in [1.54, 1.807) is 0 Å². The van der Waals surface area contributed by atoms with Crippen molar-refractivity contribution < 1.29 is 0 Å². The summed E-state index contributed by atoms with van der Waals surface area (Å²) in [5, 5.41) is 7.73. The lowest BCUT2D eigenvalue weighted by Gasteiger charge is -2.13. The fraction of sp³-hybridized carbons (Fsp3) is 0. The van der Waals surface area contributed by atoms with E-state index >= 15 is 0 Å². The minimum Gasteiger partial charge on any atom is -0.231 e. The third kappa shape index (κ3) is 6.86. The molecule has 0 saturated heterocycles. The van der Waals surface area contributed by atoms with Gasteiger partial charge in [0.25, 0.3) is 0 Å². The molecule has 0 unspecified atom stereocenters. The Kier molecular flexibility index (Phi) is 9.14. The number of pyridine rings is 1. The molecule has 0 radical (unpaired) electrons. The summed E-state index contributed by atoms with van der Waals surface area (Å²) in [6.45, 7) is 0. The molecular weight excluding hydrogens is 741 g/mol. The first-order chi connectivity index (χ1) is 30.2. The lowest BCUT2D eigenvalue weighted by Crippen LogP contribution is -1.96. The van der Waals surface area contributed by atoms with Gasteiger partial charge in [0.1, 0.15) is 5.69 Å². The standard InChI is InChI=1S/C57H38N4/c1-6-17-40(18-7-1)51-38-52(41-19-8-2-9-20-41)59-57(58-51)45-31-29-39(30-32-45)46-27-16-28-47(35-46)48-33-34-49-37-53(42-21-10-3-11-22-42)61-56(50(49)36-48)54(43-23-12-4-13-24-43)55(60-61)44-25-14-5-15-26-44/h1-38H. The first-order valence-electron chi connectivity index (χ1n) is 20.6. The van der Waals surface area contributed by atoms with Gasteiger partial charge in [-0.15, -0.1) is 0 Å². The lowest BCUT2D eigenvalue weighted by molar-refractivity contribution is 0.979. The summed E-state index contributed by atoms with van der Waals surface area (Å²) in [6, 6.07) is 81.0. The summed E-state index contributed by atoms with van der Waals surface area (Å²) >= 11 is 0. The monoisotopic (exact) mass is 778 g/mol. The SMILES string of the molecule is c1ccc(-c2cc(-c3ccccc3)nc(-c3ccc(-c4cccc(-c5ccc6cc(-c7ccccc7)n7nc(-c8ccccc8)c(-c8ccccc8)c7c6c5)c4)cc3)n2)cc1. The number of hydrogen-bond acceptors (Lipinski definition) is 3. The molecule has 0 aliphatic heterocycles. The van der Waals surface area contributed by atoms with Crippen LogP contribution < -0.4 is 0 Å². The molecule has 11 rings (SSSR count). The van der Waals surface area contributed by atoms with E-state index in [2.05, 4.69) is 199 Å². The van der Waals surface area contributed by atoms with Crippen LogP contribution in [0, 0.1) is 0 Å². The quantitative estimate of drug-likeness (QED) is 0.154. The van der Waals surface area contributed by atoms with Gasteiger partial charge < -0.3 is 0 Å². The van der Waals surface area contributed by atoms with Crippen LogP contribution in [0.2, 0.25) is 0 Å². The number of benzene rings is 8. The second kappa shape index (κ2) is 15.5. The van der Waals surface area contributed by atoms with Crippen LogP contribution >= 0.6 is 0 Å². The molecule has 8 aromatic carbocycles. The van der Waals surface area contributed by atoms with E-state index in [0.717, 1.165) is 100 Å². The summed E-state index contributed by atoms with van der Waals surface area (Å²) < 4.78 is 2.16. The second-order valence-electron chi connectivity index (χ2n) is 15.3. The Morgan fingerprint density at radius 3 is 1.36 bits per heavy atom. The molecule has 0 N–H and O–H groups in total. The molecular formula is C57H38N4. The largest absolute Gasteiger partial charge is 0.231 e. The molecule has 4 heteroatoms.